The minimum absolute atomic E-state index is 0.0564. The van der Waals surface area contributed by atoms with Gasteiger partial charge in [-0.05, 0) is 79.6 Å². The Bertz CT molecular complexity index is 1210. The molecular weight excluding hydrogens is 464 g/mol. The second kappa shape index (κ2) is 7.29. The molecule has 3 fully saturated rings. The third-order valence-corrected chi connectivity index (χ3v) is 12.8. The summed E-state index contributed by atoms with van der Waals surface area (Å²) in [6.45, 7) is 14.7. The molecular formula is C31H44N2O4. The second-order valence-electron chi connectivity index (χ2n) is 15.1. The van der Waals surface area contributed by atoms with E-state index in [1.807, 2.05) is 13.8 Å². The molecule has 0 aromatic heterocycles. The first-order valence-electron chi connectivity index (χ1n) is 14.0. The molecule has 4 N–H and O–H groups in total. The summed E-state index contributed by atoms with van der Waals surface area (Å²) in [6, 6.07) is 2.24. The summed E-state index contributed by atoms with van der Waals surface area (Å²) in [5.41, 5.74) is 2.40. The highest BCUT2D eigenvalue weighted by atomic mass is 16.3. The smallest absolute Gasteiger partial charge is 0.224 e. The molecule has 3 saturated carbocycles. The Kier molecular flexibility index (Phi) is 5.21. The zero-order chi connectivity index (χ0) is 27.6. The number of aliphatic hydroxyl groups excluding tert-OH is 1. The van der Waals surface area contributed by atoms with Gasteiger partial charge < -0.3 is 15.9 Å². The van der Waals surface area contributed by atoms with Crippen molar-refractivity contribution in [2.24, 2.45) is 50.1 Å². The molecule has 0 aromatic carbocycles. The molecule has 5 aliphatic carbocycles. The first-order valence-corrected chi connectivity index (χ1v) is 14.0. The van der Waals surface area contributed by atoms with E-state index in [2.05, 4.69) is 40.7 Å². The lowest BCUT2D eigenvalue weighted by Crippen LogP contribution is -2.75. The summed E-state index contributed by atoms with van der Waals surface area (Å²) in [5.74, 6) is -1.01. The summed E-state index contributed by atoms with van der Waals surface area (Å²) >= 11 is 0. The van der Waals surface area contributed by atoms with Gasteiger partial charge in [-0.3, -0.25) is 9.59 Å². The predicted molar refractivity (Wildman–Crippen MR) is 141 cm³/mol. The van der Waals surface area contributed by atoms with E-state index in [9.17, 15) is 25.1 Å². The van der Waals surface area contributed by atoms with Crippen LogP contribution in [0.4, 0.5) is 0 Å². The predicted octanol–water partition coefficient (Wildman–Crippen LogP) is 5.51. The lowest BCUT2D eigenvalue weighted by molar-refractivity contribution is -0.243. The summed E-state index contributed by atoms with van der Waals surface area (Å²) in [5, 5.41) is 33.7. The van der Waals surface area contributed by atoms with Gasteiger partial charge >= 0.3 is 0 Å². The number of nitriles is 1. The quantitative estimate of drug-likeness (QED) is 0.430. The number of carbonyl (C=O) groups is 2. The highest BCUT2D eigenvalue weighted by Crippen LogP contribution is 2.76. The molecule has 0 radical (unpaired) electrons. The lowest BCUT2D eigenvalue weighted by Gasteiger charge is -2.71. The number of hydrogen-bond donors (Lipinski definition) is 3. The summed E-state index contributed by atoms with van der Waals surface area (Å²) < 4.78 is 0. The van der Waals surface area contributed by atoms with Gasteiger partial charge in [-0.25, -0.2) is 0 Å². The number of nitrogens with two attached hydrogens (primary N) is 1. The molecule has 1 unspecified atom stereocenters. The van der Waals surface area contributed by atoms with Gasteiger partial charge in [-0.15, -0.1) is 0 Å². The monoisotopic (exact) mass is 508 g/mol. The topological polar surface area (TPSA) is 124 Å². The van der Waals surface area contributed by atoms with Crippen molar-refractivity contribution in [3.63, 3.8) is 0 Å². The number of allylic oxidation sites excluding steroid dienone is 3. The van der Waals surface area contributed by atoms with E-state index in [4.69, 9.17) is 5.73 Å². The van der Waals surface area contributed by atoms with Crippen molar-refractivity contribution in [1.82, 2.24) is 0 Å². The zero-order valence-electron chi connectivity index (χ0n) is 23.6. The van der Waals surface area contributed by atoms with Crippen LogP contribution in [-0.2, 0) is 9.59 Å². The Hall–Kier alpha value is -2.13. The second-order valence-corrected chi connectivity index (χ2v) is 15.1. The number of hydrogen-bond acceptors (Lipinski definition) is 5. The highest BCUT2D eigenvalue weighted by Gasteiger charge is 2.76. The molecule has 202 valence electrons. The van der Waals surface area contributed by atoms with E-state index in [1.54, 1.807) is 6.08 Å². The van der Waals surface area contributed by atoms with E-state index in [-0.39, 0.29) is 28.8 Å². The fraction of sp³-hybridized carbons (Fsp3) is 0.774. The summed E-state index contributed by atoms with van der Waals surface area (Å²) in [7, 11) is 0. The first-order chi connectivity index (χ1) is 16.9. The summed E-state index contributed by atoms with van der Waals surface area (Å²) in [6.07, 6.45) is 6.80. The Morgan fingerprint density at radius 2 is 1.65 bits per heavy atom. The van der Waals surface area contributed by atoms with Crippen LogP contribution < -0.4 is 5.73 Å². The van der Waals surface area contributed by atoms with E-state index in [1.165, 1.54) is 0 Å². The number of primary amides is 1. The van der Waals surface area contributed by atoms with Gasteiger partial charge in [0.2, 0.25) is 5.91 Å². The zero-order valence-corrected chi connectivity index (χ0v) is 23.6. The summed E-state index contributed by atoms with van der Waals surface area (Å²) in [4.78, 5) is 27.4. The van der Waals surface area contributed by atoms with Crippen LogP contribution in [0.2, 0.25) is 0 Å². The van der Waals surface area contributed by atoms with Crippen LogP contribution in [0.1, 0.15) is 99.8 Å². The van der Waals surface area contributed by atoms with Gasteiger partial charge in [0.1, 0.15) is 11.4 Å². The van der Waals surface area contributed by atoms with Crippen molar-refractivity contribution in [2.75, 3.05) is 0 Å². The molecule has 0 heterocycles. The standard InChI is InChI=1S/C31H44N2O4/c1-25(2)10-12-30(24(33)36)13-11-29(7)28(6)9-8-19-26(3,4)23(35)18(17-32)15-27(19,5)20(28)14-22(34)31(29,37)21(30)16-25/h14,19,21,35,37H,8-13,15-16H2,1-7H3,(H2,33,36)/t19-,21?,27-,28+,29-,30-,31+/m0/s1. The molecule has 0 aromatic rings. The molecule has 0 saturated heterocycles. The van der Waals surface area contributed by atoms with Gasteiger partial charge in [0.25, 0.3) is 0 Å². The van der Waals surface area contributed by atoms with Gasteiger partial charge in [0, 0.05) is 16.7 Å². The van der Waals surface area contributed by atoms with Crippen molar-refractivity contribution in [1.29, 1.82) is 5.26 Å². The number of aliphatic hydroxyl groups is 2. The molecule has 0 bridgehead atoms. The number of carbonyl (C=O) groups excluding carboxylic acids is 2. The van der Waals surface area contributed by atoms with Gasteiger partial charge in [-0.1, -0.05) is 54.0 Å². The van der Waals surface area contributed by atoms with E-state index < -0.39 is 38.6 Å². The number of rotatable bonds is 1. The van der Waals surface area contributed by atoms with E-state index in [0.717, 1.165) is 24.8 Å². The molecule has 5 rings (SSSR count). The SMILES string of the molecule is CC1(C)CC[C@]2(C(N)=O)CC[C@@]3(C)[C@]4(C)CC[C@H]5C(C)(C)C(O)=C(C#N)C[C@]5(C)C4=CC(=O)[C@]3(O)C2C1. The Morgan fingerprint density at radius 3 is 2.24 bits per heavy atom. The largest absolute Gasteiger partial charge is 0.511 e. The van der Waals surface area contributed by atoms with Crippen LogP contribution in [0.3, 0.4) is 0 Å². The van der Waals surface area contributed by atoms with Gasteiger partial charge in [0.15, 0.2) is 5.78 Å². The third kappa shape index (κ3) is 2.85. The molecule has 6 heteroatoms. The highest BCUT2D eigenvalue weighted by molar-refractivity contribution is 6.01. The van der Waals surface area contributed by atoms with Crippen molar-refractivity contribution in [3.8, 4) is 6.07 Å². The minimum Gasteiger partial charge on any atom is -0.511 e. The van der Waals surface area contributed by atoms with E-state index >= 15 is 0 Å². The van der Waals surface area contributed by atoms with Crippen molar-refractivity contribution in [3.05, 3.63) is 23.0 Å². The Balaban J connectivity index is 1.73. The van der Waals surface area contributed by atoms with E-state index in [0.29, 0.717) is 37.7 Å². The average molecular weight is 509 g/mol. The fourth-order valence-electron chi connectivity index (χ4n) is 10.4. The van der Waals surface area contributed by atoms with Gasteiger partial charge in [-0.2, -0.15) is 5.26 Å². The van der Waals surface area contributed by atoms with Crippen molar-refractivity contribution >= 4 is 11.7 Å². The van der Waals surface area contributed by atoms with Gasteiger partial charge in [0.05, 0.1) is 17.1 Å². The number of ketones is 1. The molecule has 6 nitrogen and oxygen atoms in total. The third-order valence-electron chi connectivity index (χ3n) is 12.8. The van der Waals surface area contributed by atoms with Crippen molar-refractivity contribution < 1.29 is 19.8 Å². The van der Waals surface area contributed by atoms with Crippen LogP contribution in [0.25, 0.3) is 0 Å². The lowest BCUT2D eigenvalue weighted by atomic mass is 9.32. The van der Waals surface area contributed by atoms with Crippen LogP contribution in [0.5, 0.6) is 0 Å². The maximum Gasteiger partial charge on any atom is 0.224 e. The van der Waals surface area contributed by atoms with Crippen LogP contribution in [0.15, 0.2) is 23.0 Å². The van der Waals surface area contributed by atoms with Crippen molar-refractivity contribution in [2.45, 2.75) is 105 Å². The molecule has 0 spiro atoms. The first kappa shape index (κ1) is 26.5. The molecule has 7 atom stereocenters. The maximum absolute atomic E-state index is 14.4. The molecule has 37 heavy (non-hydrogen) atoms. The normalized spacial score (nSPS) is 48.0. The van der Waals surface area contributed by atoms with Crippen LogP contribution >= 0.6 is 0 Å². The molecule has 1 amide bonds. The average Bonchev–Trinajstić information content (AvgIpc) is 2.80. The number of fused-ring (bicyclic) bond motifs is 7. The number of amides is 1. The Labute approximate surface area is 221 Å². The number of nitrogens with zero attached hydrogens (tertiary/aromatic N) is 1. The maximum atomic E-state index is 14.4. The minimum atomic E-state index is -1.69. The fourth-order valence-corrected chi connectivity index (χ4v) is 10.4. The van der Waals surface area contributed by atoms with Crippen LogP contribution in [0, 0.1) is 55.7 Å². The van der Waals surface area contributed by atoms with Crippen LogP contribution in [-0.4, -0.2) is 27.5 Å². The Morgan fingerprint density at radius 1 is 1.03 bits per heavy atom. The molecule has 5 aliphatic rings. The molecule has 0 aliphatic heterocycles.